The van der Waals surface area contributed by atoms with Crippen LogP contribution in [0.1, 0.15) is 41.5 Å². The van der Waals surface area contributed by atoms with Crippen LogP contribution in [-0.2, 0) is 0 Å². The SMILES string of the molecule is CC(O)C#Cc1ccc2c(c1)-n1nc(C(N)=O)cc1C(C)CO2. The zero-order chi connectivity index (χ0) is 16.6. The van der Waals surface area contributed by atoms with Gasteiger partial charge in [0.25, 0.3) is 5.91 Å². The van der Waals surface area contributed by atoms with Crippen LogP contribution in [0.25, 0.3) is 5.69 Å². The molecule has 1 aromatic carbocycles. The Morgan fingerprint density at radius 1 is 1.52 bits per heavy atom. The number of primary amides is 1. The van der Waals surface area contributed by atoms with Crippen LogP contribution >= 0.6 is 0 Å². The molecule has 6 heteroatoms. The van der Waals surface area contributed by atoms with Crippen molar-refractivity contribution in [2.45, 2.75) is 25.9 Å². The molecule has 2 heterocycles. The predicted octanol–water partition coefficient (Wildman–Crippen LogP) is 1.20. The normalized spacial score (nSPS) is 16.9. The number of aromatic nitrogens is 2. The van der Waals surface area contributed by atoms with Gasteiger partial charge in [-0.1, -0.05) is 18.8 Å². The van der Waals surface area contributed by atoms with Crippen molar-refractivity contribution in [1.82, 2.24) is 9.78 Å². The minimum Gasteiger partial charge on any atom is -0.491 e. The van der Waals surface area contributed by atoms with Gasteiger partial charge in [0.15, 0.2) is 5.69 Å². The van der Waals surface area contributed by atoms with Crippen LogP contribution in [0, 0.1) is 11.8 Å². The predicted molar refractivity (Wildman–Crippen MR) is 84.6 cm³/mol. The Kier molecular flexibility index (Phi) is 3.80. The zero-order valence-electron chi connectivity index (χ0n) is 12.9. The zero-order valence-corrected chi connectivity index (χ0v) is 12.9. The van der Waals surface area contributed by atoms with E-state index in [4.69, 9.17) is 10.5 Å². The molecule has 1 aliphatic rings. The third-order valence-electron chi connectivity index (χ3n) is 3.60. The van der Waals surface area contributed by atoms with Gasteiger partial charge < -0.3 is 15.6 Å². The average Bonchev–Trinajstić information content (AvgIpc) is 2.91. The molecular weight excluding hydrogens is 294 g/mol. The standard InChI is InChI=1S/C17H17N3O3/c1-10-9-23-16-6-5-12(4-3-11(2)21)7-15(16)20-14(10)8-13(19-20)17(18)22/h5-8,10-11,21H,9H2,1-2H3,(H2,18,22). The van der Waals surface area contributed by atoms with Gasteiger partial charge in [-0.25, -0.2) is 4.68 Å². The summed E-state index contributed by atoms with van der Waals surface area (Å²) in [6.07, 6.45) is -0.702. The highest BCUT2D eigenvalue weighted by Gasteiger charge is 2.24. The Balaban J connectivity index is 2.15. The van der Waals surface area contributed by atoms with Crippen molar-refractivity contribution >= 4 is 5.91 Å². The highest BCUT2D eigenvalue weighted by atomic mass is 16.5. The molecule has 23 heavy (non-hydrogen) atoms. The maximum absolute atomic E-state index is 11.4. The van der Waals surface area contributed by atoms with Gasteiger partial charge in [0.2, 0.25) is 0 Å². The van der Waals surface area contributed by atoms with E-state index >= 15 is 0 Å². The molecule has 2 aromatic rings. The maximum Gasteiger partial charge on any atom is 0.269 e. The molecule has 6 nitrogen and oxygen atoms in total. The quantitative estimate of drug-likeness (QED) is 0.774. The fourth-order valence-electron chi connectivity index (χ4n) is 2.43. The Labute approximate surface area is 133 Å². The van der Waals surface area contributed by atoms with Gasteiger partial charge in [0.1, 0.15) is 17.5 Å². The summed E-state index contributed by atoms with van der Waals surface area (Å²) in [6, 6.07) is 7.15. The molecule has 0 aliphatic carbocycles. The highest BCUT2D eigenvalue weighted by Crippen LogP contribution is 2.32. The lowest BCUT2D eigenvalue weighted by molar-refractivity contribution is 0.0995. The van der Waals surface area contributed by atoms with Crippen LogP contribution in [0.3, 0.4) is 0 Å². The molecule has 3 N–H and O–H groups in total. The van der Waals surface area contributed by atoms with E-state index in [0.29, 0.717) is 18.0 Å². The van der Waals surface area contributed by atoms with Crippen molar-refractivity contribution in [3.8, 4) is 23.3 Å². The van der Waals surface area contributed by atoms with Crippen LogP contribution in [0.5, 0.6) is 5.75 Å². The number of carbonyl (C=O) groups is 1. The topological polar surface area (TPSA) is 90.4 Å². The number of nitrogens with zero attached hydrogens (tertiary/aromatic N) is 2. The van der Waals surface area contributed by atoms with E-state index in [1.54, 1.807) is 17.7 Å². The Morgan fingerprint density at radius 3 is 3.00 bits per heavy atom. The number of nitrogens with two attached hydrogens (primary N) is 1. The monoisotopic (exact) mass is 311 g/mol. The Bertz CT molecular complexity index is 827. The third-order valence-corrected chi connectivity index (χ3v) is 3.60. The smallest absolute Gasteiger partial charge is 0.269 e. The second-order valence-corrected chi connectivity index (χ2v) is 5.57. The van der Waals surface area contributed by atoms with Gasteiger partial charge >= 0.3 is 0 Å². The summed E-state index contributed by atoms with van der Waals surface area (Å²) < 4.78 is 7.49. The highest BCUT2D eigenvalue weighted by molar-refractivity contribution is 5.91. The fraction of sp³-hybridized carbons (Fsp3) is 0.294. The minimum atomic E-state index is -0.702. The van der Waals surface area contributed by atoms with Gasteiger partial charge in [0, 0.05) is 11.5 Å². The van der Waals surface area contributed by atoms with Gasteiger partial charge in [-0.05, 0) is 31.2 Å². The summed E-state index contributed by atoms with van der Waals surface area (Å²) >= 11 is 0. The maximum atomic E-state index is 11.4. The van der Waals surface area contributed by atoms with E-state index in [1.807, 2.05) is 25.1 Å². The molecule has 1 amide bonds. The molecule has 0 saturated carbocycles. The number of aliphatic hydroxyl groups is 1. The number of benzene rings is 1. The molecule has 1 aliphatic heterocycles. The summed E-state index contributed by atoms with van der Waals surface area (Å²) in [7, 11) is 0. The molecule has 0 radical (unpaired) electrons. The lowest BCUT2D eigenvalue weighted by Gasteiger charge is -2.08. The first-order chi connectivity index (χ1) is 11.0. The molecule has 0 spiro atoms. The van der Waals surface area contributed by atoms with Crippen LogP contribution in [0.2, 0.25) is 0 Å². The first-order valence-electron chi connectivity index (χ1n) is 7.32. The van der Waals surface area contributed by atoms with Crippen molar-refractivity contribution in [3.05, 3.63) is 41.2 Å². The molecule has 2 unspecified atom stereocenters. The van der Waals surface area contributed by atoms with E-state index < -0.39 is 12.0 Å². The second-order valence-electron chi connectivity index (χ2n) is 5.57. The number of carbonyl (C=O) groups excluding carboxylic acids is 1. The van der Waals surface area contributed by atoms with Gasteiger partial charge in [-0.2, -0.15) is 5.10 Å². The molecule has 2 atom stereocenters. The summed E-state index contributed by atoms with van der Waals surface area (Å²) in [5, 5.41) is 13.6. The largest absolute Gasteiger partial charge is 0.491 e. The van der Waals surface area contributed by atoms with Gasteiger partial charge in [-0.15, -0.1) is 0 Å². The van der Waals surface area contributed by atoms with Crippen LogP contribution in [0.15, 0.2) is 24.3 Å². The van der Waals surface area contributed by atoms with E-state index in [9.17, 15) is 9.90 Å². The number of hydrogen-bond donors (Lipinski definition) is 2. The Hall–Kier alpha value is -2.78. The summed E-state index contributed by atoms with van der Waals surface area (Å²) in [6.45, 7) is 4.08. The summed E-state index contributed by atoms with van der Waals surface area (Å²) in [5.41, 5.74) is 7.86. The van der Waals surface area contributed by atoms with E-state index in [0.717, 1.165) is 11.3 Å². The number of fused-ring (bicyclic) bond motifs is 3. The first-order valence-corrected chi connectivity index (χ1v) is 7.32. The van der Waals surface area contributed by atoms with Crippen molar-refractivity contribution < 1.29 is 14.6 Å². The molecule has 0 fully saturated rings. The number of amides is 1. The van der Waals surface area contributed by atoms with Crippen LogP contribution < -0.4 is 10.5 Å². The summed E-state index contributed by atoms with van der Waals surface area (Å²) in [5.74, 6) is 5.76. The number of aliphatic hydroxyl groups excluding tert-OH is 1. The molecule has 118 valence electrons. The number of rotatable bonds is 1. The van der Waals surface area contributed by atoms with E-state index in [2.05, 4.69) is 16.9 Å². The van der Waals surface area contributed by atoms with Crippen molar-refractivity contribution in [2.24, 2.45) is 5.73 Å². The van der Waals surface area contributed by atoms with E-state index in [1.165, 1.54) is 0 Å². The fourth-order valence-corrected chi connectivity index (χ4v) is 2.43. The van der Waals surface area contributed by atoms with Crippen molar-refractivity contribution in [2.75, 3.05) is 6.61 Å². The lowest BCUT2D eigenvalue weighted by atomic mass is 10.1. The summed E-state index contributed by atoms with van der Waals surface area (Å²) in [4.78, 5) is 11.4. The molecular formula is C17H17N3O3. The van der Waals surface area contributed by atoms with Crippen molar-refractivity contribution in [3.63, 3.8) is 0 Å². The molecule has 1 aromatic heterocycles. The van der Waals surface area contributed by atoms with Crippen LogP contribution in [0.4, 0.5) is 0 Å². The Morgan fingerprint density at radius 2 is 2.30 bits per heavy atom. The first kappa shape index (κ1) is 15.1. The van der Waals surface area contributed by atoms with E-state index in [-0.39, 0.29) is 11.6 Å². The van der Waals surface area contributed by atoms with Gasteiger partial charge in [0.05, 0.1) is 12.3 Å². The third kappa shape index (κ3) is 2.91. The van der Waals surface area contributed by atoms with Crippen LogP contribution in [-0.4, -0.2) is 33.5 Å². The minimum absolute atomic E-state index is 0.0648. The molecule has 3 rings (SSSR count). The van der Waals surface area contributed by atoms with Crippen molar-refractivity contribution in [1.29, 1.82) is 0 Å². The second kappa shape index (κ2) is 5.78. The number of hydrogen-bond acceptors (Lipinski definition) is 4. The average molecular weight is 311 g/mol. The van der Waals surface area contributed by atoms with Gasteiger partial charge in [-0.3, -0.25) is 4.79 Å². The number of ether oxygens (including phenoxy) is 1. The molecule has 0 saturated heterocycles. The lowest BCUT2D eigenvalue weighted by Crippen LogP contribution is -2.12. The molecule has 0 bridgehead atoms.